The van der Waals surface area contributed by atoms with Crippen LogP contribution in [0.2, 0.25) is 26.2 Å². The van der Waals surface area contributed by atoms with Crippen LogP contribution in [0.25, 0.3) is 20.9 Å². The molecule has 0 atom stereocenters. The van der Waals surface area contributed by atoms with Crippen LogP contribution >= 0.6 is 22.7 Å². The number of fused-ring (bicyclic) bond motifs is 14. The second-order valence-corrected chi connectivity index (χ2v) is 30.3. The van der Waals surface area contributed by atoms with E-state index >= 15 is 0 Å². The van der Waals surface area contributed by atoms with Crippen molar-refractivity contribution < 1.29 is 0 Å². The second kappa shape index (κ2) is 14.9. The van der Waals surface area contributed by atoms with Crippen molar-refractivity contribution >= 4 is 76.6 Å². The highest BCUT2D eigenvalue weighted by Crippen LogP contribution is 2.66. The molecule has 0 fully saturated rings. The van der Waals surface area contributed by atoms with Crippen molar-refractivity contribution in [2.75, 3.05) is 4.90 Å². The molecule has 67 heavy (non-hydrogen) atoms. The Balaban J connectivity index is 1.16. The van der Waals surface area contributed by atoms with Crippen molar-refractivity contribution in [3.05, 3.63) is 268 Å². The van der Waals surface area contributed by atoms with E-state index in [9.17, 15) is 0 Å². The minimum absolute atomic E-state index is 0.538. The van der Waals surface area contributed by atoms with Gasteiger partial charge in [0, 0.05) is 36.6 Å². The predicted octanol–water partition coefficient (Wildman–Crippen LogP) is 14.0. The van der Waals surface area contributed by atoms with Gasteiger partial charge in [0.25, 0.3) is 0 Å². The van der Waals surface area contributed by atoms with Crippen molar-refractivity contribution in [1.29, 1.82) is 0 Å². The molecule has 0 radical (unpaired) electrons. The van der Waals surface area contributed by atoms with Gasteiger partial charge in [-0.15, -0.1) is 22.7 Å². The van der Waals surface area contributed by atoms with Crippen LogP contribution in [0, 0.1) is 0 Å². The maximum Gasteiger partial charge on any atom is 0.113 e. The summed E-state index contributed by atoms with van der Waals surface area (Å²) in [6.45, 7) is 10.3. The van der Waals surface area contributed by atoms with Crippen LogP contribution in [-0.4, -0.2) is 16.1 Å². The van der Waals surface area contributed by atoms with Gasteiger partial charge in [-0.05, 0) is 114 Å². The Morgan fingerprint density at radius 1 is 0.313 bits per heavy atom. The molecule has 322 valence electrons. The van der Waals surface area contributed by atoms with Gasteiger partial charge >= 0.3 is 0 Å². The fraction of sp³-hybridized carbons (Fsp3) is 0.0968. The monoisotopic (exact) mass is 927 g/mol. The second-order valence-electron chi connectivity index (χ2n) is 19.6. The number of anilines is 3. The molecular formula is C62H49NS2Si2. The van der Waals surface area contributed by atoms with Gasteiger partial charge in [-0.25, -0.2) is 0 Å². The lowest BCUT2D eigenvalue weighted by molar-refractivity contribution is 0.647. The molecule has 0 saturated heterocycles. The highest BCUT2D eigenvalue weighted by atomic mass is 32.1. The number of benzene rings is 8. The summed E-state index contributed by atoms with van der Waals surface area (Å²) in [5.41, 5.74) is 13.5. The van der Waals surface area contributed by atoms with Gasteiger partial charge in [0.2, 0.25) is 0 Å². The molecule has 0 unspecified atom stereocenters. The van der Waals surface area contributed by atoms with Gasteiger partial charge < -0.3 is 4.90 Å². The summed E-state index contributed by atoms with van der Waals surface area (Å²) < 4.78 is 0. The Kier molecular flexibility index (Phi) is 9.07. The minimum atomic E-state index is -2.15. The first-order valence-corrected chi connectivity index (χ1v) is 31.1. The van der Waals surface area contributed by atoms with Crippen molar-refractivity contribution in [2.24, 2.45) is 0 Å². The van der Waals surface area contributed by atoms with E-state index in [1.54, 1.807) is 0 Å². The zero-order valence-corrected chi connectivity index (χ0v) is 41.8. The van der Waals surface area contributed by atoms with Gasteiger partial charge in [0.15, 0.2) is 0 Å². The fourth-order valence-corrected chi connectivity index (χ4v) is 21.8. The van der Waals surface area contributed by atoms with Crippen LogP contribution < -0.4 is 25.6 Å². The molecule has 5 heteroatoms. The minimum Gasteiger partial charge on any atom is -0.311 e. The number of rotatable bonds is 5. The summed E-state index contributed by atoms with van der Waals surface area (Å²) in [7, 11) is -4.29. The average molecular weight is 928 g/mol. The van der Waals surface area contributed by atoms with Crippen LogP contribution in [0.15, 0.2) is 224 Å². The highest BCUT2D eigenvalue weighted by Gasteiger charge is 2.62. The molecule has 0 bridgehead atoms. The lowest BCUT2D eigenvalue weighted by Crippen LogP contribution is -2.66. The summed E-state index contributed by atoms with van der Waals surface area (Å²) in [6, 6.07) is 85.6. The number of para-hydroxylation sites is 2. The van der Waals surface area contributed by atoms with Crippen LogP contribution in [0.5, 0.6) is 0 Å². The summed E-state index contributed by atoms with van der Waals surface area (Å²) in [5.74, 6) is 0. The Morgan fingerprint density at radius 2 is 0.612 bits per heavy atom. The Bertz CT molecular complexity index is 3240. The molecule has 2 aromatic heterocycles. The molecule has 2 spiro atoms. The van der Waals surface area contributed by atoms with Crippen LogP contribution in [0.4, 0.5) is 17.1 Å². The van der Waals surface area contributed by atoms with Gasteiger partial charge in [0.05, 0.1) is 10.8 Å². The topological polar surface area (TPSA) is 3.24 Å². The molecule has 8 aromatic carbocycles. The lowest BCUT2D eigenvalue weighted by Gasteiger charge is -2.54. The summed E-state index contributed by atoms with van der Waals surface area (Å²) >= 11 is 4.06. The summed E-state index contributed by atoms with van der Waals surface area (Å²) in [6.07, 6.45) is 0. The van der Waals surface area contributed by atoms with Crippen molar-refractivity contribution in [3.63, 3.8) is 0 Å². The summed E-state index contributed by atoms with van der Waals surface area (Å²) in [4.78, 5) is 7.88. The number of thiophene rings is 2. The van der Waals surface area contributed by atoms with E-state index in [1.165, 1.54) is 84.8 Å². The molecular weight excluding hydrogens is 879 g/mol. The molecule has 0 N–H and O–H groups in total. The maximum absolute atomic E-state index is 2.64. The third-order valence-electron chi connectivity index (χ3n) is 15.5. The molecule has 0 saturated carbocycles. The largest absolute Gasteiger partial charge is 0.311 e. The van der Waals surface area contributed by atoms with E-state index in [0.29, 0.717) is 0 Å². The first-order valence-electron chi connectivity index (χ1n) is 23.5. The molecule has 10 aromatic rings. The molecule has 0 amide bonds. The Labute approximate surface area is 404 Å². The van der Waals surface area contributed by atoms with E-state index in [4.69, 9.17) is 0 Å². The lowest BCUT2D eigenvalue weighted by atomic mass is 9.55. The first kappa shape index (κ1) is 40.7. The predicted molar refractivity (Wildman–Crippen MR) is 291 cm³/mol. The SMILES string of the molecule is C[Si]1(C)c2ccccc2C2(c3ccccc31)c1cc(-c3ccc(N(c4ccccc4)c4ccccc4)cc3)sc1C1(c3ccccc3[Si](C)(C)c3ccccc31)c1cc(-c3ccccc3)sc12. The molecule has 1 aliphatic carbocycles. The highest BCUT2D eigenvalue weighted by molar-refractivity contribution is 7.17. The zero-order valence-electron chi connectivity index (χ0n) is 38.1. The van der Waals surface area contributed by atoms with Crippen molar-refractivity contribution in [1.82, 2.24) is 0 Å². The maximum atomic E-state index is 2.64. The molecule has 2 aliphatic heterocycles. The van der Waals surface area contributed by atoms with Gasteiger partial charge in [-0.2, -0.15) is 0 Å². The smallest absolute Gasteiger partial charge is 0.113 e. The fourth-order valence-electron chi connectivity index (χ4n) is 12.5. The number of hydrogen-bond acceptors (Lipinski definition) is 3. The van der Waals surface area contributed by atoms with E-state index in [0.717, 1.165) is 17.1 Å². The van der Waals surface area contributed by atoms with Gasteiger partial charge in [-0.1, -0.05) is 202 Å². The third kappa shape index (κ3) is 5.57. The van der Waals surface area contributed by atoms with Crippen LogP contribution in [-0.2, 0) is 10.8 Å². The molecule has 3 aliphatic rings. The first-order chi connectivity index (χ1) is 32.7. The molecule has 4 heterocycles. The zero-order chi connectivity index (χ0) is 45.1. The van der Waals surface area contributed by atoms with Crippen LogP contribution in [0.3, 0.4) is 0 Å². The third-order valence-corrected chi connectivity index (χ3v) is 25.2. The van der Waals surface area contributed by atoms with E-state index in [1.807, 2.05) is 22.7 Å². The van der Waals surface area contributed by atoms with Gasteiger partial charge in [-0.3, -0.25) is 0 Å². The normalized spacial score (nSPS) is 15.9. The Morgan fingerprint density at radius 3 is 0.985 bits per heavy atom. The molecule has 1 nitrogen and oxygen atoms in total. The van der Waals surface area contributed by atoms with Crippen molar-refractivity contribution in [3.8, 4) is 20.9 Å². The molecule has 13 rings (SSSR count). The average Bonchev–Trinajstić information content (AvgIpc) is 4.04. The van der Waals surface area contributed by atoms with E-state index in [2.05, 4.69) is 256 Å². The summed E-state index contributed by atoms with van der Waals surface area (Å²) in [5, 5.41) is 6.14. The van der Waals surface area contributed by atoms with E-state index < -0.39 is 27.0 Å². The quantitative estimate of drug-likeness (QED) is 0.156. The number of nitrogens with zero attached hydrogens (tertiary/aromatic N) is 1. The Hall–Kier alpha value is -6.61. The standard InChI is InChI=1S/C62H49NS2Si2/c1-66(2)55-32-18-14-28-47(55)61(48-29-15-19-33-56(48)66)51-40-53(42-22-8-5-9-23-42)64-59(51)62(49-30-16-20-34-57(49)67(3,4)58-35-21-17-31-50(58)62)52-41-54(65-60(52)61)43-36-38-46(39-37-43)63(44-24-10-6-11-25-44)45-26-12-7-13-27-45/h5-41H,1-4H3. The number of hydrogen-bond donors (Lipinski definition) is 0. The van der Waals surface area contributed by atoms with E-state index in [-0.39, 0.29) is 0 Å². The van der Waals surface area contributed by atoms with Gasteiger partial charge in [0.1, 0.15) is 16.1 Å². The van der Waals surface area contributed by atoms with Crippen LogP contribution in [0.1, 0.15) is 43.1 Å². The van der Waals surface area contributed by atoms with Crippen molar-refractivity contribution in [2.45, 2.75) is 37.0 Å².